The van der Waals surface area contributed by atoms with Gasteiger partial charge in [0, 0.05) is 24.6 Å². The van der Waals surface area contributed by atoms with Gasteiger partial charge in [0.25, 0.3) is 10.1 Å². The summed E-state index contributed by atoms with van der Waals surface area (Å²) in [4.78, 5) is 6.16. The highest BCUT2D eigenvalue weighted by Crippen LogP contribution is 2.26. The lowest BCUT2D eigenvalue weighted by atomic mass is 10.00. The third kappa shape index (κ3) is 3.20. The molecule has 5 nitrogen and oxygen atoms in total. The summed E-state index contributed by atoms with van der Waals surface area (Å²) in [5.74, 6) is 0. The molecular weight excluding hydrogens is 252 g/mol. The van der Waals surface area contributed by atoms with Crippen molar-refractivity contribution in [1.82, 2.24) is 4.98 Å². The lowest BCUT2D eigenvalue weighted by molar-refractivity contribution is 0.153. The second-order valence-corrected chi connectivity index (χ2v) is 6.22. The Bertz CT molecular complexity index is 489. The van der Waals surface area contributed by atoms with Crippen molar-refractivity contribution < 1.29 is 12.6 Å². The number of piperidine rings is 1. The zero-order valence-corrected chi connectivity index (χ0v) is 11.4. The van der Waals surface area contributed by atoms with Gasteiger partial charge in [0.15, 0.2) is 0 Å². The first-order valence-electron chi connectivity index (χ1n) is 6.02. The first kappa shape index (κ1) is 13.3. The Morgan fingerprint density at radius 3 is 2.67 bits per heavy atom. The third-order valence-electron chi connectivity index (χ3n) is 3.21. The lowest BCUT2D eigenvalue weighted by Gasteiger charge is -2.40. The molecule has 1 fully saturated rings. The van der Waals surface area contributed by atoms with Gasteiger partial charge in [0.1, 0.15) is 0 Å². The second-order valence-electron chi connectivity index (χ2n) is 4.62. The average Bonchev–Trinajstić information content (AvgIpc) is 2.31. The molecule has 0 radical (unpaired) electrons. The molecule has 1 aliphatic heterocycles. The Morgan fingerprint density at radius 2 is 2.06 bits per heavy atom. The molecule has 2 heterocycles. The van der Waals surface area contributed by atoms with Gasteiger partial charge in [-0.1, -0.05) is 0 Å². The zero-order chi connectivity index (χ0) is 13.2. The predicted molar refractivity (Wildman–Crippen MR) is 70.0 cm³/mol. The summed E-state index contributed by atoms with van der Waals surface area (Å²) in [5, 5.41) is 0. The van der Waals surface area contributed by atoms with E-state index >= 15 is 0 Å². The van der Waals surface area contributed by atoms with Crippen LogP contribution in [0.4, 0.5) is 5.69 Å². The molecule has 1 aromatic rings. The molecule has 0 saturated carbocycles. The topological polar surface area (TPSA) is 59.5 Å². The maximum Gasteiger partial charge on any atom is 0.264 e. The molecule has 18 heavy (non-hydrogen) atoms. The molecule has 0 aliphatic carbocycles. The first-order chi connectivity index (χ1) is 8.47. The summed E-state index contributed by atoms with van der Waals surface area (Å²) in [7, 11) is -3.40. The van der Waals surface area contributed by atoms with E-state index in [1.165, 1.54) is 0 Å². The van der Waals surface area contributed by atoms with E-state index in [4.69, 9.17) is 4.18 Å². The highest BCUT2D eigenvalue weighted by molar-refractivity contribution is 7.86. The monoisotopic (exact) mass is 270 g/mol. The number of pyridine rings is 1. The van der Waals surface area contributed by atoms with Crippen LogP contribution in [0.2, 0.25) is 0 Å². The third-order valence-corrected chi connectivity index (χ3v) is 3.81. The molecule has 0 bridgehead atoms. The van der Waals surface area contributed by atoms with Gasteiger partial charge in [0.2, 0.25) is 0 Å². The Kier molecular flexibility index (Phi) is 3.87. The minimum absolute atomic E-state index is 0.0378. The fourth-order valence-electron chi connectivity index (χ4n) is 2.36. The summed E-state index contributed by atoms with van der Waals surface area (Å²) in [5.41, 5.74) is 1.05. The van der Waals surface area contributed by atoms with Crippen LogP contribution in [-0.4, -0.2) is 38.3 Å². The van der Waals surface area contributed by atoms with Crippen molar-refractivity contribution >= 4 is 15.8 Å². The van der Waals surface area contributed by atoms with E-state index in [1.54, 1.807) is 12.4 Å². The maximum atomic E-state index is 11.2. The summed E-state index contributed by atoms with van der Waals surface area (Å²) < 4.78 is 27.6. The smallest absolute Gasteiger partial charge is 0.264 e. The van der Waals surface area contributed by atoms with Gasteiger partial charge in [-0.25, -0.2) is 0 Å². The number of aromatic nitrogens is 1. The van der Waals surface area contributed by atoms with E-state index in [0.717, 1.165) is 31.3 Å². The van der Waals surface area contributed by atoms with E-state index < -0.39 is 10.1 Å². The molecule has 0 N–H and O–H groups in total. The molecule has 2 rings (SSSR count). The molecule has 6 heteroatoms. The molecule has 0 aromatic carbocycles. The van der Waals surface area contributed by atoms with Crippen molar-refractivity contribution in [2.75, 3.05) is 17.7 Å². The summed E-state index contributed by atoms with van der Waals surface area (Å²) in [6.07, 6.45) is 6.00. The molecule has 2 atom stereocenters. The molecule has 100 valence electrons. The van der Waals surface area contributed by atoms with Crippen molar-refractivity contribution in [2.24, 2.45) is 0 Å². The fraction of sp³-hybridized carbons (Fsp3) is 0.583. The molecule has 1 aliphatic rings. The van der Waals surface area contributed by atoms with Crippen molar-refractivity contribution in [2.45, 2.75) is 31.9 Å². The van der Waals surface area contributed by atoms with E-state index in [0.29, 0.717) is 0 Å². The highest BCUT2D eigenvalue weighted by Gasteiger charge is 2.31. The molecular formula is C12H18N2O3S. The van der Waals surface area contributed by atoms with E-state index in [2.05, 4.69) is 9.88 Å². The van der Waals surface area contributed by atoms with Gasteiger partial charge in [-0.15, -0.1) is 0 Å². The second kappa shape index (κ2) is 5.24. The Balaban J connectivity index is 2.14. The van der Waals surface area contributed by atoms with Gasteiger partial charge in [0.05, 0.1) is 18.4 Å². The van der Waals surface area contributed by atoms with Gasteiger partial charge >= 0.3 is 0 Å². The molecule has 0 spiro atoms. The van der Waals surface area contributed by atoms with Crippen LogP contribution in [0.5, 0.6) is 0 Å². The number of nitrogens with zero attached hydrogens (tertiary/aromatic N) is 2. The molecule has 1 saturated heterocycles. The van der Waals surface area contributed by atoms with Crippen molar-refractivity contribution in [3.05, 3.63) is 24.5 Å². The van der Waals surface area contributed by atoms with E-state index in [9.17, 15) is 8.42 Å². The minimum Gasteiger partial charge on any atom is -0.366 e. The van der Waals surface area contributed by atoms with Crippen molar-refractivity contribution in [3.63, 3.8) is 0 Å². The Morgan fingerprint density at radius 1 is 1.39 bits per heavy atom. The van der Waals surface area contributed by atoms with Gasteiger partial charge in [-0.3, -0.25) is 9.17 Å². The van der Waals surface area contributed by atoms with E-state index in [-0.39, 0.29) is 12.1 Å². The number of rotatable bonds is 3. The quantitative estimate of drug-likeness (QED) is 0.777. The van der Waals surface area contributed by atoms with Crippen LogP contribution in [0.3, 0.4) is 0 Å². The average molecular weight is 270 g/mol. The SMILES string of the molecule is CC1C(OS(C)(=O)=O)CCCN1c1ccncc1. The number of anilines is 1. The van der Waals surface area contributed by atoms with Crippen LogP contribution < -0.4 is 4.90 Å². The maximum absolute atomic E-state index is 11.2. The van der Waals surface area contributed by atoms with Gasteiger partial charge in [-0.05, 0) is 31.9 Å². The lowest BCUT2D eigenvalue weighted by Crippen LogP contribution is -2.48. The molecule has 0 amide bonds. The summed E-state index contributed by atoms with van der Waals surface area (Å²) >= 11 is 0. The van der Waals surface area contributed by atoms with Crippen molar-refractivity contribution in [3.8, 4) is 0 Å². The van der Waals surface area contributed by atoms with Crippen LogP contribution in [0.1, 0.15) is 19.8 Å². The van der Waals surface area contributed by atoms with Crippen molar-refractivity contribution in [1.29, 1.82) is 0 Å². The van der Waals surface area contributed by atoms with Crippen LogP contribution in [0.15, 0.2) is 24.5 Å². The largest absolute Gasteiger partial charge is 0.366 e. The van der Waals surface area contributed by atoms with Crippen LogP contribution in [0, 0.1) is 0 Å². The standard InChI is InChI=1S/C12H18N2O3S/c1-10-12(17-18(2,15)16)4-3-9-14(10)11-5-7-13-8-6-11/h5-8,10,12H,3-4,9H2,1-2H3. The van der Waals surface area contributed by atoms with E-state index in [1.807, 2.05) is 19.1 Å². The van der Waals surface area contributed by atoms with Gasteiger partial charge in [-0.2, -0.15) is 8.42 Å². The first-order valence-corrected chi connectivity index (χ1v) is 7.84. The molecule has 2 unspecified atom stereocenters. The normalized spacial score (nSPS) is 25.1. The number of hydrogen-bond acceptors (Lipinski definition) is 5. The van der Waals surface area contributed by atoms with Crippen LogP contribution in [0.25, 0.3) is 0 Å². The zero-order valence-electron chi connectivity index (χ0n) is 10.6. The Hall–Kier alpha value is -1.14. The Labute approximate surface area is 108 Å². The predicted octanol–water partition coefficient (Wildman–Crippen LogP) is 1.42. The van der Waals surface area contributed by atoms with Gasteiger partial charge < -0.3 is 4.90 Å². The van der Waals surface area contributed by atoms with Crippen LogP contribution >= 0.6 is 0 Å². The summed E-state index contributed by atoms with van der Waals surface area (Å²) in [6.45, 7) is 2.91. The fourth-order valence-corrected chi connectivity index (χ4v) is 3.07. The number of hydrogen-bond donors (Lipinski definition) is 0. The minimum atomic E-state index is -3.40. The van der Waals surface area contributed by atoms with Crippen LogP contribution in [-0.2, 0) is 14.3 Å². The highest BCUT2D eigenvalue weighted by atomic mass is 32.2. The molecule has 1 aromatic heterocycles. The summed E-state index contributed by atoms with van der Waals surface area (Å²) in [6, 6.07) is 3.90.